The summed E-state index contributed by atoms with van der Waals surface area (Å²) in [6.45, 7) is 5.99. The van der Waals surface area contributed by atoms with Crippen LogP contribution in [0.25, 0.3) is 0 Å². The summed E-state index contributed by atoms with van der Waals surface area (Å²) in [5.74, 6) is 0.979. The monoisotopic (exact) mass is 272 g/mol. The lowest BCUT2D eigenvalue weighted by Crippen LogP contribution is -2.23. The van der Waals surface area contributed by atoms with Gasteiger partial charge in [-0.3, -0.25) is 4.90 Å². The molecule has 2 fully saturated rings. The standard InChI is InChI=1S/C18H28N2/c1-15(13-16-5-4-6-16)19-18-9-7-17(8-10-18)14-20-11-2-3-12-20/h7-10,15-16,19H,2-6,11-14H2,1H3. The second kappa shape index (κ2) is 6.62. The Morgan fingerprint density at radius 1 is 1.10 bits per heavy atom. The molecule has 0 aromatic heterocycles. The highest BCUT2D eigenvalue weighted by Gasteiger charge is 2.19. The van der Waals surface area contributed by atoms with Crippen LogP contribution >= 0.6 is 0 Å². The first kappa shape index (κ1) is 13.9. The summed E-state index contributed by atoms with van der Waals surface area (Å²) >= 11 is 0. The molecule has 1 aliphatic carbocycles. The zero-order chi connectivity index (χ0) is 13.8. The van der Waals surface area contributed by atoms with Gasteiger partial charge in [0.15, 0.2) is 0 Å². The van der Waals surface area contributed by atoms with Crippen LogP contribution in [-0.4, -0.2) is 24.0 Å². The van der Waals surface area contributed by atoms with Crippen molar-refractivity contribution in [1.82, 2.24) is 4.90 Å². The van der Waals surface area contributed by atoms with E-state index in [1.165, 1.54) is 62.9 Å². The van der Waals surface area contributed by atoms with Crippen LogP contribution < -0.4 is 5.32 Å². The molecule has 1 aliphatic heterocycles. The Morgan fingerprint density at radius 2 is 1.80 bits per heavy atom. The molecule has 1 heterocycles. The summed E-state index contributed by atoms with van der Waals surface area (Å²) in [6.07, 6.45) is 8.41. The number of nitrogens with zero attached hydrogens (tertiary/aromatic N) is 1. The summed E-state index contributed by atoms with van der Waals surface area (Å²) in [5.41, 5.74) is 2.73. The third kappa shape index (κ3) is 3.76. The summed E-state index contributed by atoms with van der Waals surface area (Å²) < 4.78 is 0. The number of nitrogens with one attached hydrogen (secondary N) is 1. The second-order valence-electron chi connectivity index (χ2n) is 6.76. The average Bonchev–Trinajstić information content (AvgIpc) is 2.89. The Kier molecular flexibility index (Phi) is 4.62. The van der Waals surface area contributed by atoms with Crippen LogP contribution in [0.15, 0.2) is 24.3 Å². The number of rotatable bonds is 6. The maximum Gasteiger partial charge on any atom is 0.0342 e. The zero-order valence-electron chi connectivity index (χ0n) is 12.8. The molecule has 1 saturated carbocycles. The Balaban J connectivity index is 1.47. The molecule has 1 atom stereocenters. The molecule has 2 aliphatic rings. The van der Waals surface area contributed by atoms with Gasteiger partial charge >= 0.3 is 0 Å². The zero-order valence-corrected chi connectivity index (χ0v) is 12.8. The van der Waals surface area contributed by atoms with Crippen molar-refractivity contribution in [3.05, 3.63) is 29.8 Å². The molecule has 1 N–H and O–H groups in total. The molecule has 1 saturated heterocycles. The average molecular weight is 272 g/mol. The Hall–Kier alpha value is -1.02. The summed E-state index contributed by atoms with van der Waals surface area (Å²) in [6, 6.07) is 9.68. The quantitative estimate of drug-likeness (QED) is 0.832. The van der Waals surface area contributed by atoms with Crippen LogP contribution in [0.1, 0.15) is 51.0 Å². The molecule has 1 aromatic rings. The van der Waals surface area contributed by atoms with E-state index in [0.29, 0.717) is 6.04 Å². The highest BCUT2D eigenvalue weighted by Crippen LogP contribution is 2.31. The summed E-state index contributed by atoms with van der Waals surface area (Å²) in [5, 5.41) is 3.65. The van der Waals surface area contributed by atoms with Gasteiger partial charge in [-0.2, -0.15) is 0 Å². The molecule has 20 heavy (non-hydrogen) atoms. The smallest absolute Gasteiger partial charge is 0.0342 e. The van der Waals surface area contributed by atoms with Crippen molar-refractivity contribution in [3.8, 4) is 0 Å². The van der Waals surface area contributed by atoms with Gasteiger partial charge in [-0.15, -0.1) is 0 Å². The SMILES string of the molecule is CC(CC1CCC1)Nc1ccc(CN2CCCC2)cc1. The predicted octanol–water partition coefficient (Wildman–Crippen LogP) is 4.27. The van der Waals surface area contributed by atoms with E-state index in [2.05, 4.69) is 41.4 Å². The van der Waals surface area contributed by atoms with Gasteiger partial charge in [0.25, 0.3) is 0 Å². The van der Waals surface area contributed by atoms with E-state index in [4.69, 9.17) is 0 Å². The molecule has 1 aromatic carbocycles. The summed E-state index contributed by atoms with van der Waals surface area (Å²) in [4.78, 5) is 2.56. The van der Waals surface area contributed by atoms with E-state index in [1.54, 1.807) is 0 Å². The van der Waals surface area contributed by atoms with Gasteiger partial charge in [0.05, 0.1) is 0 Å². The fourth-order valence-electron chi connectivity index (χ4n) is 3.48. The van der Waals surface area contributed by atoms with Crippen molar-refractivity contribution < 1.29 is 0 Å². The van der Waals surface area contributed by atoms with Crippen molar-refractivity contribution in [1.29, 1.82) is 0 Å². The molecule has 3 rings (SSSR count). The van der Waals surface area contributed by atoms with Crippen molar-refractivity contribution in [2.45, 2.75) is 58.0 Å². The molecule has 2 heteroatoms. The minimum absolute atomic E-state index is 0.602. The normalized spacial score (nSPS) is 21.6. The maximum atomic E-state index is 3.65. The van der Waals surface area contributed by atoms with E-state index in [1.807, 2.05) is 0 Å². The largest absolute Gasteiger partial charge is 0.383 e. The molecular formula is C18H28N2. The lowest BCUT2D eigenvalue weighted by molar-refractivity contribution is 0.286. The van der Waals surface area contributed by atoms with Gasteiger partial charge < -0.3 is 5.32 Å². The predicted molar refractivity (Wildman–Crippen MR) is 86.0 cm³/mol. The second-order valence-corrected chi connectivity index (χ2v) is 6.76. The van der Waals surface area contributed by atoms with Crippen molar-refractivity contribution >= 4 is 5.69 Å². The Bertz CT molecular complexity index is 402. The molecule has 0 radical (unpaired) electrons. The van der Waals surface area contributed by atoms with E-state index in [-0.39, 0.29) is 0 Å². The maximum absolute atomic E-state index is 3.65. The Morgan fingerprint density at radius 3 is 2.40 bits per heavy atom. The molecule has 2 nitrogen and oxygen atoms in total. The van der Waals surface area contributed by atoms with Gasteiger partial charge in [-0.05, 0) is 62.9 Å². The fraction of sp³-hybridized carbons (Fsp3) is 0.667. The number of hydrogen-bond donors (Lipinski definition) is 1. The van der Waals surface area contributed by atoms with Crippen LogP contribution in [0.5, 0.6) is 0 Å². The fourth-order valence-corrected chi connectivity index (χ4v) is 3.48. The van der Waals surface area contributed by atoms with E-state index in [9.17, 15) is 0 Å². The highest BCUT2D eigenvalue weighted by molar-refractivity contribution is 5.45. The molecule has 0 bridgehead atoms. The number of likely N-dealkylation sites (tertiary alicyclic amines) is 1. The minimum Gasteiger partial charge on any atom is -0.383 e. The topological polar surface area (TPSA) is 15.3 Å². The van der Waals surface area contributed by atoms with Gasteiger partial charge in [-0.25, -0.2) is 0 Å². The van der Waals surface area contributed by atoms with Crippen molar-refractivity contribution in [2.24, 2.45) is 5.92 Å². The van der Waals surface area contributed by atoms with Crippen molar-refractivity contribution in [3.63, 3.8) is 0 Å². The first-order chi connectivity index (χ1) is 9.79. The van der Waals surface area contributed by atoms with E-state index < -0.39 is 0 Å². The molecule has 110 valence electrons. The number of benzene rings is 1. The van der Waals surface area contributed by atoms with Crippen LogP contribution in [-0.2, 0) is 6.54 Å². The third-order valence-corrected chi connectivity index (χ3v) is 4.88. The molecule has 0 spiro atoms. The molecular weight excluding hydrogens is 244 g/mol. The van der Waals surface area contributed by atoms with Crippen LogP contribution in [0.2, 0.25) is 0 Å². The Labute approximate surface area is 123 Å². The lowest BCUT2D eigenvalue weighted by atomic mass is 9.81. The number of anilines is 1. The number of hydrogen-bond acceptors (Lipinski definition) is 2. The van der Waals surface area contributed by atoms with Crippen LogP contribution in [0.4, 0.5) is 5.69 Å². The molecule has 1 unspecified atom stereocenters. The minimum atomic E-state index is 0.602. The van der Waals surface area contributed by atoms with Gasteiger partial charge in [-0.1, -0.05) is 31.4 Å². The van der Waals surface area contributed by atoms with Crippen molar-refractivity contribution in [2.75, 3.05) is 18.4 Å². The highest BCUT2D eigenvalue weighted by atomic mass is 15.1. The van der Waals surface area contributed by atoms with Crippen LogP contribution in [0, 0.1) is 5.92 Å². The van der Waals surface area contributed by atoms with Crippen LogP contribution in [0.3, 0.4) is 0 Å². The first-order valence-corrected chi connectivity index (χ1v) is 8.37. The lowest BCUT2D eigenvalue weighted by Gasteiger charge is -2.29. The van der Waals surface area contributed by atoms with Gasteiger partial charge in [0, 0.05) is 18.3 Å². The third-order valence-electron chi connectivity index (χ3n) is 4.88. The molecule has 0 amide bonds. The van der Waals surface area contributed by atoms with E-state index >= 15 is 0 Å². The first-order valence-electron chi connectivity index (χ1n) is 8.37. The summed E-state index contributed by atoms with van der Waals surface area (Å²) in [7, 11) is 0. The van der Waals surface area contributed by atoms with E-state index in [0.717, 1.165) is 12.5 Å². The van der Waals surface area contributed by atoms with Gasteiger partial charge in [0.1, 0.15) is 0 Å². The van der Waals surface area contributed by atoms with Gasteiger partial charge in [0.2, 0.25) is 0 Å².